The maximum Gasteiger partial charge on any atom is 0.573 e. The maximum absolute atomic E-state index is 12.1. The van der Waals surface area contributed by atoms with E-state index in [9.17, 15) is 22.8 Å². The van der Waals surface area contributed by atoms with Crippen LogP contribution in [0.5, 0.6) is 5.75 Å². The Morgan fingerprint density at radius 3 is 2.48 bits per heavy atom. The Morgan fingerprint density at radius 2 is 1.91 bits per heavy atom. The molecule has 23 heavy (non-hydrogen) atoms. The highest BCUT2D eigenvalue weighted by Gasteiger charge is 2.37. The number of nitrogens with zero attached hydrogens (tertiary/aromatic N) is 1. The Balaban J connectivity index is 1.99. The fourth-order valence-corrected chi connectivity index (χ4v) is 2.61. The number of ether oxygens (including phenoxy) is 1. The average Bonchev–Trinajstić information content (AvgIpc) is 2.73. The van der Waals surface area contributed by atoms with Gasteiger partial charge in [-0.1, -0.05) is 12.1 Å². The van der Waals surface area contributed by atoms with Gasteiger partial charge >= 0.3 is 12.4 Å². The second-order valence-electron chi connectivity index (χ2n) is 4.90. The number of alkyl halides is 3. The highest BCUT2D eigenvalue weighted by atomic mass is 32.2. The molecule has 1 saturated heterocycles. The van der Waals surface area contributed by atoms with Crippen LogP contribution in [0.15, 0.2) is 24.3 Å². The Hall–Kier alpha value is -1.90. The number of rotatable bonds is 6. The van der Waals surface area contributed by atoms with Crippen molar-refractivity contribution < 1.29 is 27.5 Å². The molecule has 0 radical (unpaired) electrons. The molecule has 0 aliphatic carbocycles. The molecule has 3 amide bonds. The molecule has 1 aromatic rings. The van der Waals surface area contributed by atoms with Gasteiger partial charge in [-0.2, -0.15) is 11.8 Å². The fraction of sp³-hybridized carbons (Fsp3) is 0.429. The molecular weight excluding hydrogens is 333 g/mol. The van der Waals surface area contributed by atoms with Gasteiger partial charge in [0.25, 0.3) is 5.91 Å². The van der Waals surface area contributed by atoms with E-state index in [0.29, 0.717) is 12.0 Å². The van der Waals surface area contributed by atoms with Crippen LogP contribution in [0.3, 0.4) is 0 Å². The number of urea groups is 1. The first-order valence-electron chi connectivity index (χ1n) is 6.75. The minimum absolute atomic E-state index is 0.00668. The van der Waals surface area contributed by atoms with Crippen molar-refractivity contribution in [1.82, 2.24) is 10.2 Å². The number of imide groups is 1. The second kappa shape index (κ2) is 7.12. The third-order valence-corrected chi connectivity index (χ3v) is 3.86. The highest BCUT2D eigenvalue weighted by molar-refractivity contribution is 7.98. The molecule has 0 spiro atoms. The number of hydrogen-bond donors (Lipinski definition) is 1. The van der Waals surface area contributed by atoms with Crippen LogP contribution in [0.4, 0.5) is 18.0 Å². The second-order valence-corrected chi connectivity index (χ2v) is 5.89. The number of benzene rings is 1. The summed E-state index contributed by atoms with van der Waals surface area (Å²) in [4.78, 5) is 25.0. The van der Waals surface area contributed by atoms with Crippen molar-refractivity contribution in [1.29, 1.82) is 0 Å². The zero-order valence-electron chi connectivity index (χ0n) is 12.2. The largest absolute Gasteiger partial charge is 0.573 e. The first kappa shape index (κ1) is 17.5. The van der Waals surface area contributed by atoms with Crippen molar-refractivity contribution in [2.24, 2.45) is 0 Å². The number of carbonyl (C=O) groups is 2. The van der Waals surface area contributed by atoms with Gasteiger partial charge in [-0.05, 0) is 36.1 Å². The first-order chi connectivity index (χ1) is 10.8. The summed E-state index contributed by atoms with van der Waals surface area (Å²) in [5.41, 5.74) is 0.536. The molecule has 1 fully saturated rings. The SMILES string of the molecule is CSCCC1NC(=O)N(Cc2ccc(OC(F)(F)F)cc2)C1=O. The zero-order valence-corrected chi connectivity index (χ0v) is 13.0. The average molecular weight is 348 g/mol. The van der Waals surface area contributed by atoms with Crippen LogP contribution in [0, 0.1) is 0 Å². The molecule has 1 N–H and O–H groups in total. The van der Waals surface area contributed by atoms with Crippen molar-refractivity contribution in [3.8, 4) is 5.75 Å². The van der Waals surface area contributed by atoms with Crippen molar-refractivity contribution in [2.45, 2.75) is 25.4 Å². The Labute approximate surface area is 135 Å². The zero-order chi connectivity index (χ0) is 17.0. The van der Waals surface area contributed by atoms with Crippen molar-refractivity contribution in [2.75, 3.05) is 12.0 Å². The normalized spacial score (nSPS) is 18.3. The molecule has 1 aliphatic rings. The van der Waals surface area contributed by atoms with E-state index in [0.717, 1.165) is 22.8 Å². The molecule has 5 nitrogen and oxygen atoms in total. The minimum atomic E-state index is -4.75. The molecule has 0 saturated carbocycles. The number of halogens is 3. The summed E-state index contributed by atoms with van der Waals surface area (Å²) in [7, 11) is 0. The summed E-state index contributed by atoms with van der Waals surface area (Å²) in [6.07, 6.45) is -2.30. The molecule has 2 rings (SSSR count). The molecule has 9 heteroatoms. The van der Waals surface area contributed by atoms with Crippen LogP contribution in [0.2, 0.25) is 0 Å². The first-order valence-corrected chi connectivity index (χ1v) is 8.15. The molecular formula is C14H15F3N2O3S. The summed E-state index contributed by atoms with van der Waals surface area (Å²) >= 11 is 1.58. The van der Waals surface area contributed by atoms with Crippen LogP contribution in [0.25, 0.3) is 0 Å². The van der Waals surface area contributed by atoms with Crippen LogP contribution in [0.1, 0.15) is 12.0 Å². The standard InChI is InChI=1S/C14H15F3N2O3S/c1-23-7-6-11-12(20)19(13(21)18-11)8-9-2-4-10(5-3-9)22-14(15,16)17/h2-5,11H,6-8H2,1H3,(H,18,21). The maximum atomic E-state index is 12.1. The third kappa shape index (κ3) is 4.78. The molecule has 1 heterocycles. The molecule has 0 bridgehead atoms. The number of thioether (sulfide) groups is 1. The van der Waals surface area contributed by atoms with E-state index in [1.807, 2.05) is 6.26 Å². The lowest BCUT2D eigenvalue weighted by atomic mass is 10.2. The third-order valence-electron chi connectivity index (χ3n) is 3.22. The summed E-state index contributed by atoms with van der Waals surface area (Å²) in [5, 5.41) is 2.60. The van der Waals surface area contributed by atoms with Crippen molar-refractivity contribution >= 4 is 23.7 Å². The molecule has 126 valence electrons. The quantitative estimate of drug-likeness (QED) is 0.803. The van der Waals surface area contributed by atoms with E-state index in [2.05, 4.69) is 10.1 Å². The van der Waals surface area contributed by atoms with E-state index in [-0.39, 0.29) is 18.2 Å². The Bertz CT molecular complexity index is 578. The van der Waals surface area contributed by atoms with Crippen LogP contribution >= 0.6 is 11.8 Å². The van der Waals surface area contributed by atoms with Crippen LogP contribution in [-0.2, 0) is 11.3 Å². The summed E-state index contributed by atoms with van der Waals surface area (Å²) < 4.78 is 40.0. The van der Waals surface area contributed by atoms with Gasteiger partial charge in [0.1, 0.15) is 11.8 Å². The molecule has 1 atom stereocenters. The lowest BCUT2D eigenvalue weighted by Gasteiger charge is -2.14. The smallest absolute Gasteiger partial charge is 0.406 e. The van der Waals surface area contributed by atoms with Crippen molar-refractivity contribution in [3.63, 3.8) is 0 Å². The van der Waals surface area contributed by atoms with E-state index in [1.54, 1.807) is 11.8 Å². The lowest BCUT2D eigenvalue weighted by molar-refractivity contribution is -0.274. The van der Waals surface area contributed by atoms with Gasteiger partial charge in [-0.15, -0.1) is 13.2 Å². The summed E-state index contributed by atoms with van der Waals surface area (Å²) in [6.45, 7) is 0.00668. The fourth-order valence-electron chi connectivity index (χ4n) is 2.14. The van der Waals surface area contributed by atoms with Crippen LogP contribution < -0.4 is 10.1 Å². The molecule has 0 aromatic heterocycles. The molecule has 1 aliphatic heterocycles. The minimum Gasteiger partial charge on any atom is -0.406 e. The van der Waals surface area contributed by atoms with Gasteiger partial charge in [-0.25, -0.2) is 4.79 Å². The lowest BCUT2D eigenvalue weighted by Crippen LogP contribution is -2.31. The van der Waals surface area contributed by atoms with E-state index >= 15 is 0 Å². The molecule has 1 aromatic carbocycles. The summed E-state index contributed by atoms with van der Waals surface area (Å²) in [6, 6.07) is 4.03. The van der Waals surface area contributed by atoms with E-state index < -0.39 is 18.4 Å². The van der Waals surface area contributed by atoms with Crippen molar-refractivity contribution in [3.05, 3.63) is 29.8 Å². The topological polar surface area (TPSA) is 58.6 Å². The highest BCUT2D eigenvalue weighted by Crippen LogP contribution is 2.23. The predicted octanol–water partition coefficient (Wildman–Crippen LogP) is 2.76. The van der Waals surface area contributed by atoms with E-state index in [4.69, 9.17) is 0 Å². The van der Waals surface area contributed by atoms with Gasteiger partial charge in [0.2, 0.25) is 0 Å². The number of nitrogens with one attached hydrogen (secondary N) is 1. The summed E-state index contributed by atoms with van der Waals surface area (Å²) in [5.74, 6) is 0.0736. The number of carbonyl (C=O) groups excluding carboxylic acids is 2. The van der Waals surface area contributed by atoms with Gasteiger partial charge in [0.05, 0.1) is 6.54 Å². The van der Waals surface area contributed by atoms with Gasteiger partial charge < -0.3 is 10.1 Å². The van der Waals surface area contributed by atoms with Gasteiger partial charge in [0, 0.05) is 0 Å². The monoisotopic (exact) mass is 348 g/mol. The Kier molecular flexibility index (Phi) is 5.40. The molecule has 1 unspecified atom stereocenters. The Morgan fingerprint density at radius 1 is 1.26 bits per heavy atom. The van der Waals surface area contributed by atoms with E-state index in [1.165, 1.54) is 12.1 Å². The predicted molar refractivity (Wildman–Crippen MR) is 79.0 cm³/mol. The number of hydrogen-bond acceptors (Lipinski definition) is 4. The van der Waals surface area contributed by atoms with Gasteiger partial charge in [0.15, 0.2) is 0 Å². The van der Waals surface area contributed by atoms with Crippen LogP contribution in [-0.4, -0.2) is 41.3 Å². The van der Waals surface area contributed by atoms with Gasteiger partial charge in [-0.3, -0.25) is 9.69 Å². The number of amides is 3.